The van der Waals surface area contributed by atoms with E-state index in [1.54, 1.807) is 18.2 Å². The van der Waals surface area contributed by atoms with E-state index in [9.17, 15) is 28.7 Å². The van der Waals surface area contributed by atoms with Crippen LogP contribution in [0.3, 0.4) is 0 Å². The van der Waals surface area contributed by atoms with Crippen LogP contribution in [0.2, 0.25) is 0 Å². The number of carbonyl (C=O) groups is 4. The second kappa shape index (κ2) is 13.5. The third kappa shape index (κ3) is 6.04. The standard InChI is InChI=1S/C40H43F2N9O5/c41-22-1-5-35(52)27(11-22)32-13-34-37(46-45-32)43-14-24-16-47(9-10-50(24)34)17-28-29-18-48(19-30(28)29)15-21-7-8-49(20-31(21)42)23-2-3-25-26(12-23)40(56)51(39(25)55)33-4-6-36(53)44-38(33)54/h1-3,5,11-13,21,24,28-31,33,52H,4,6-10,14-20H2,(H,43,46)(H,44,53,54)/t21-,24+,28?,29-,30+,31+,33?/m1/s1. The van der Waals surface area contributed by atoms with Gasteiger partial charge in [0.1, 0.15) is 23.8 Å². The molecule has 7 aliphatic rings. The van der Waals surface area contributed by atoms with E-state index >= 15 is 4.39 Å². The molecule has 2 aromatic carbocycles. The minimum Gasteiger partial charge on any atom is -0.507 e. The number of piperazine rings is 1. The van der Waals surface area contributed by atoms with Crippen molar-refractivity contribution >= 4 is 40.8 Å². The number of phenols is 1. The number of piperidine rings is 3. The average Bonchev–Trinajstić information content (AvgIpc) is 3.50. The highest BCUT2D eigenvalue weighted by molar-refractivity contribution is 6.23. The molecule has 5 fully saturated rings. The number of halogens is 2. The molecule has 16 heteroatoms. The number of fused-ring (bicyclic) bond motifs is 5. The Kier molecular flexibility index (Phi) is 8.47. The Morgan fingerprint density at radius 3 is 2.45 bits per heavy atom. The van der Waals surface area contributed by atoms with Gasteiger partial charge in [-0.3, -0.25) is 34.3 Å². The molecule has 0 spiro atoms. The number of likely N-dealkylation sites (tertiary alicyclic amines) is 1. The Morgan fingerprint density at radius 2 is 1.64 bits per heavy atom. The van der Waals surface area contributed by atoms with Crippen molar-refractivity contribution in [2.75, 3.05) is 80.6 Å². The highest BCUT2D eigenvalue weighted by Gasteiger charge is 2.56. The maximum absolute atomic E-state index is 15.8. The fourth-order valence-electron chi connectivity index (χ4n) is 10.2. The van der Waals surface area contributed by atoms with Gasteiger partial charge in [-0.05, 0) is 73.1 Å². The van der Waals surface area contributed by atoms with Crippen LogP contribution in [0.25, 0.3) is 11.3 Å². The summed E-state index contributed by atoms with van der Waals surface area (Å²) in [5.74, 6) is -0.109. The normalized spacial score (nSPS) is 30.1. The first-order valence-corrected chi connectivity index (χ1v) is 19.7. The molecular weight excluding hydrogens is 724 g/mol. The average molecular weight is 768 g/mol. The molecule has 2 unspecified atom stereocenters. The number of amides is 4. The summed E-state index contributed by atoms with van der Waals surface area (Å²) >= 11 is 0. The minimum atomic E-state index is -1.03. The molecule has 292 valence electrons. The lowest BCUT2D eigenvalue weighted by Gasteiger charge is -2.46. The molecule has 56 heavy (non-hydrogen) atoms. The van der Waals surface area contributed by atoms with E-state index in [-0.39, 0.29) is 48.2 Å². The molecule has 3 N–H and O–H groups in total. The first kappa shape index (κ1) is 35.2. The Hall–Kier alpha value is -5.22. The fraction of sp³-hybridized carbons (Fsp3) is 0.500. The number of nitrogens with zero attached hydrogens (tertiary/aromatic N) is 7. The summed E-state index contributed by atoms with van der Waals surface area (Å²) in [7, 11) is 0. The molecule has 10 rings (SSSR count). The predicted octanol–water partition coefficient (Wildman–Crippen LogP) is 2.35. The highest BCUT2D eigenvalue weighted by atomic mass is 19.1. The maximum Gasteiger partial charge on any atom is 0.262 e. The summed E-state index contributed by atoms with van der Waals surface area (Å²) in [5.41, 5.74) is 2.77. The molecule has 4 saturated heterocycles. The SMILES string of the molecule is O=C1CCC(N2C(=O)c3ccc(N4CC[C@H](CN5C[C@@H]6C(CN7CCN8c9cc(-c%10cc(F)ccc%10O)nnc9NC[C@H]8C7)[C@@H]6C5)[C@@H](F)C4)cc3C2=O)C(=O)N1. The van der Waals surface area contributed by atoms with Crippen molar-refractivity contribution in [3.8, 4) is 17.0 Å². The molecule has 7 heterocycles. The van der Waals surface area contributed by atoms with Crippen LogP contribution < -0.4 is 20.4 Å². The molecule has 1 aromatic heterocycles. The molecule has 14 nitrogen and oxygen atoms in total. The summed E-state index contributed by atoms with van der Waals surface area (Å²) in [6, 6.07) is 9.91. The second-order valence-electron chi connectivity index (χ2n) is 16.5. The molecule has 1 aliphatic carbocycles. The van der Waals surface area contributed by atoms with Gasteiger partial charge in [0.25, 0.3) is 11.8 Å². The van der Waals surface area contributed by atoms with Crippen molar-refractivity contribution in [3.05, 3.63) is 59.4 Å². The first-order valence-electron chi connectivity index (χ1n) is 19.7. The molecule has 0 radical (unpaired) electrons. The number of hydrogen-bond donors (Lipinski definition) is 3. The number of nitrogens with one attached hydrogen (secondary N) is 2. The zero-order valence-electron chi connectivity index (χ0n) is 30.7. The summed E-state index contributed by atoms with van der Waals surface area (Å²) in [4.78, 5) is 60.7. The van der Waals surface area contributed by atoms with Gasteiger partial charge in [-0.2, -0.15) is 0 Å². The van der Waals surface area contributed by atoms with Gasteiger partial charge < -0.3 is 25.1 Å². The number of imide groups is 2. The maximum atomic E-state index is 15.8. The minimum absolute atomic E-state index is 0.0380. The van der Waals surface area contributed by atoms with E-state index in [2.05, 4.69) is 35.5 Å². The molecule has 3 aromatic rings. The van der Waals surface area contributed by atoms with Crippen LogP contribution in [0.5, 0.6) is 5.75 Å². The van der Waals surface area contributed by atoms with E-state index in [1.165, 1.54) is 18.2 Å². The van der Waals surface area contributed by atoms with Gasteiger partial charge in [0, 0.05) is 89.0 Å². The highest BCUT2D eigenvalue weighted by Crippen LogP contribution is 2.52. The van der Waals surface area contributed by atoms with E-state index < -0.39 is 41.7 Å². The third-order valence-corrected chi connectivity index (χ3v) is 13.3. The van der Waals surface area contributed by atoms with Crippen LogP contribution >= 0.6 is 0 Å². The van der Waals surface area contributed by atoms with Crippen LogP contribution in [0, 0.1) is 29.5 Å². The van der Waals surface area contributed by atoms with Crippen LogP contribution in [0.1, 0.15) is 40.0 Å². The number of anilines is 3. The number of aromatic hydroxyl groups is 1. The number of benzene rings is 2. The molecule has 0 bridgehead atoms. The lowest BCUT2D eigenvalue weighted by atomic mass is 9.93. The lowest BCUT2D eigenvalue weighted by Crippen LogP contribution is -2.58. The number of phenolic OH excluding ortho intramolecular Hbond substituents is 1. The molecular formula is C40H43F2N9O5. The smallest absolute Gasteiger partial charge is 0.262 e. The monoisotopic (exact) mass is 767 g/mol. The largest absolute Gasteiger partial charge is 0.507 e. The van der Waals surface area contributed by atoms with Crippen molar-refractivity contribution in [3.63, 3.8) is 0 Å². The van der Waals surface area contributed by atoms with Gasteiger partial charge in [0.2, 0.25) is 11.8 Å². The van der Waals surface area contributed by atoms with Gasteiger partial charge in [0.15, 0.2) is 5.82 Å². The number of aromatic nitrogens is 2. The summed E-state index contributed by atoms with van der Waals surface area (Å²) in [6.07, 6.45) is -0.197. The number of rotatable bonds is 7. The molecule has 6 aliphatic heterocycles. The summed E-state index contributed by atoms with van der Waals surface area (Å²) in [6.45, 7) is 8.07. The van der Waals surface area contributed by atoms with Crippen molar-refractivity contribution < 1.29 is 33.1 Å². The number of hydrogen-bond acceptors (Lipinski definition) is 12. The Bertz CT molecular complexity index is 2140. The van der Waals surface area contributed by atoms with Crippen molar-refractivity contribution in [1.29, 1.82) is 0 Å². The number of alkyl halides is 1. The Morgan fingerprint density at radius 1 is 0.821 bits per heavy atom. The topological polar surface area (TPSA) is 155 Å². The van der Waals surface area contributed by atoms with Gasteiger partial charge in [0.05, 0.1) is 28.6 Å². The number of carbonyl (C=O) groups excluding carboxylic acids is 4. The molecule has 7 atom stereocenters. The van der Waals surface area contributed by atoms with Gasteiger partial charge >= 0.3 is 0 Å². The first-order chi connectivity index (χ1) is 27.1. The van der Waals surface area contributed by atoms with Crippen LogP contribution in [0.4, 0.5) is 26.0 Å². The zero-order valence-corrected chi connectivity index (χ0v) is 30.7. The predicted molar refractivity (Wildman–Crippen MR) is 200 cm³/mol. The Labute approximate surface area is 321 Å². The second-order valence-corrected chi connectivity index (χ2v) is 16.5. The molecule has 4 amide bonds. The van der Waals surface area contributed by atoms with Crippen LogP contribution in [-0.2, 0) is 9.59 Å². The third-order valence-electron chi connectivity index (χ3n) is 13.3. The van der Waals surface area contributed by atoms with E-state index in [4.69, 9.17) is 0 Å². The van der Waals surface area contributed by atoms with Crippen LogP contribution in [-0.4, -0.2) is 137 Å². The molecule has 1 saturated carbocycles. The van der Waals surface area contributed by atoms with E-state index in [0.29, 0.717) is 53.5 Å². The van der Waals surface area contributed by atoms with Gasteiger partial charge in [-0.25, -0.2) is 8.78 Å². The summed E-state index contributed by atoms with van der Waals surface area (Å²) < 4.78 is 29.7. The van der Waals surface area contributed by atoms with Gasteiger partial charge in [-0.15, -0.1) is 10.2 Å². The van der Waals surface area contributed by atoms with Crippen molar-refractivity contribution in [2.45, 2.75) is 37.5 Å². The fourth-order valence-corrected chi connectivity index (χ4v) is 10.2. The lowest BCUT2D eigenvalue weighted by molar-refractivity contribution is -0.136. The summed E-state index contributed by atoms with van der Waals surface area (Å²) in [5, 5.41) is 24.6. The Balaban J connectivity index is 0.702. The quantitative estimate of drug-likeness (QED) is 0.303. The zero-order chi connectivity index (χ0) is 38.4. The van der Waals surface area contributed by atoms with E-state index in [1.807, 2.05) is 11.0 Å². The van der Waals surface area contributed by atoms with Crippen molar-refractivity contribution in [2.24, 2.45) is 23.7 Å². The van der Waals surface area contributed by atoms with E-state index in [0.717, 1.165) is 62.9 Å². The van der Waals surface area contributed by atoms with Gasteiger partial charge in [-0.1, -0.05) is 0 Å². The van der Waals surface area contributed by atoms with Crippen molar-refractivity contribution in [1.82, 2.24) is 30.2 Å². The van der Waals surface area contributed by atoms with Crippen LogP contribution in [0.15, 0.2) is 42.5 Å².